The Morgan fingerprint density at radius 2 is 1.07 bits per heavy atom. The Hall–Kier alpha value is -0.110. The van der Waals surface area contributed by atoms with Crippen molar-refractivity contribution in [1.82, 2.24) is 0 Å². The third kappa shape index (κ3) is 22.2. The second-order valence-corrected chi connectivity index (χ2v) is 10.2. The van der Waals surface area contributed by atoms with E-state index in [1.807, 2.05) is 0 Å². The molecule has 0 aromatic rings. The minimum atomic E-state index is -3.33. The van der Waals surface area contributed by atoms with Crippen LogP contribution in [-0.4, -0.2) is 17.7 Å². The molecule has 0 saturated carbocycles. The predicted molar refractivity (Wildman–Crippen MR) is 124 cm³/mol. The molecule has 0 heterocycles. The topological polar surface area (TPSA) is 46.5 Å². The fourth-order valence-electron chi connectivity index (χ4n) is 3.36. The van der Waals surface area contributed by atoms with Gasteiger partial charge in [0.05, 0.1) is 6.61 Å². The van der Waals surface area contributed by atoms with Gasteiger partial charge in [-0.1, -0.05) is 103 Å². The summed E-state index contributed by atoms with van der Waals surface area (Å²) in [5.41, 5.74) is 0. The van der Waals surface area contributed by atoms with Gasteiger partial charge in [-0.05, 0) is 38.5 Å². The third-order valence-corrected chi connectivity index (χ3v) is 6.71. The average molecular weight is 417 g/mol. The van der Waals surface area contributed by atoms with E-state index in [0.29, 0.717) is 12.8 Å². The highest BCUT2D eigenvalue weighted by atomic mass is 31.2. The SMILES string of the molecule is CCCCCCCC/C=C\CCCCCCCCOP(=O)(O)CCCCCC. The van der Waals surface area contributed by atoms with Gasteiger partial charge >= 0.3 is 7.60 Å². The zero-order chi connectivity index (χ0) is 20.8. The van der Waals surface area contributed by atoms with Gasteiger partial charge in [-0.3, -0.25) is 4.57 Å². The summed E-state index contributed by atoms with van der Waals surface area (Å²) in [5.74, 6) is 0. The van der Waals surface area contributed by atoms with E-state index in [1.165, 1.54) is 77.0 Å². The standard InChI is InChI=1S/C24H49O3P/c1-3-5-7-9-10-11-12-13-14-15-16-17-18-19-20-21-23-27-28(25,26)24-22-8-6-4-2/h13-14H,3-12,15-24H2,1-2H3,(H,25,26)/b14-13-. The molecular weight excluding hydrogens is 367 g/mol. The molecule has 0 spiro atoms. The van der Waals surface area contributed by atoms with Gasteiger partial charge in [0.1, 0.15) is 0 Å². The number of unbranched alkanes of at least 4 members (excludes halogenated alkanes) is 15. The molecule has 168 valence electrons. The first-order chi connectivity index (χ1) is 13.6. The molecule has 0 amide bonds. The summed E-state index contributed by atoms with van der Waals surface area (Å²) >= 11 is 0. The van der Waals surface area contributed by atoms with E-state index in [4.69, 9.17) is 4.52 Å². The highest BCUT2D eigenvalue weighted by molar-refractivity contribution is 7.52. The van der Waals surface area contributed by atoms with Gasteiger partial charge in [0.25, 0.3) is 0 Å². The van der Waals surface area contributed by atoms with Gasteiger partial charge in [-0.15, -0.1) is 0 Å². The summed E-state index contributed by atoms with van der Waals surface area (Å²) in [6.07, 6.45) is 26.9. The van der Waals surface area contributed by atoms with Gasteiger partial charge < -0.3 is 9.42 Å². The van der Waals surface area contributed by atoms with Crippen LogP contribution in [-0.2, 0) is 9.09 Å². The minimum Gasteiger partial charge on any atom is -0.324 e. The smallest absolute Gasteiger partial charge is 0.324 e. The van der Waals surface area contributed by atoms with Crippen LogP contribution in [0, 0.1) is 0 Å². The van der Waals surface area contributed by atoms with E-state index in [9.17, 15) is 9.46 Å². The monoisotopic (exact) mass is 416 g/mol. The Morgan fingerprint density at radius 1 is 0.643 bits per heavy atom. The van der Waals surface area contributed by atoms with Crippen LogP contribution in [0.25, 0.3) is 0 Å². The lowest BCUT2D eigenvalue weighted by atomic mass is 10.1. The molecule has 0 aliphatic rings. The molecule has 0 aliphatic heterocycles. The van der Waals surface area contributed by atoms with E-state index in [0.717, 1.165) is 38.5 Å². The lowest BCUT2D eigenvalue weighted by Crippen LogP contribution is -1.97. The van der Waals surface area contributed by atoms with E-state index >= 15 is 0 Å². The van der Waals surface area contributed by atoms with E-state index in [2.05, 4.69) is 26.0 Å². The molecule has 0 bridgehead atoms. The normalized spacial score (nSPS) is 14.0. The van der Waals surface area contributed by atoms with Crippen LogP contribution in [0.2, 0.25) is 0 Å². The van der Waals surface area contributed by atoms with Gasteiger partial charge in [0, 0.05) is 6.16 Å². The number of allylic oxidation sites excluding steroid dienone is 2. The number of hydrogen-bond acceptors (Lipinski definition) is 2. The maximum atomic E-state index is 11.9. The number of hydrogen-bond donors (Lipinski definition) is 1. The van der Waals surface area contributed by atoms with Gasteiger partial charge in [0.2, 0.25) is 0 Å². The molecule has 28 heavy (non-hydrogen) atoms. The molecule has 1 unspecified atom stereocenters. The van der Waals surface area contributed by atoms with Gasteiger partial charge in [-0.2, -0.15) is 0 Å². The maximum absolute atomic E-state index is 11.9. The quantitative estimate of drug-likeness (QED) is 0.109. The van der Waals surface area contributed by atoms with Crippen molar-refractivity contribution in [3.8, 4) is 0 Å². The Balaban J connectivity index is 3.28. The summed E-state index contributed by atoms with van der Waals surface area (Å²) in [5, 5.41) is 0. The first-order valence-corrected chi connectivity index (χ1v) is 14.0. The van der Waals surface area contributed by atoms with Crippen molar-refractivity contribution in [2.45, 2.75) is 129 Å². The van der Waals surface area contributed by atoms with Crippen molar-refractivity contribution in [3.05, 3.63) is 12.2 Å². The molecule has 0 aromatic carbocycles. The van der Waals surface area contributed by atoms with Gasteiger partial charge in [0.15, 0.2) is 0 Å². The second kappa shape index (κ2) is 21.6. The molecule has 0 aromatic heterocycles. The molecule has 1 N–H and O–H groups in total. The fraction of sp³-hybridized carbons (Fsp3) is 0.917. The first-order valence-electron chi connectivity index (χ1n) is 12.2. The van der Waals surface area contributed by atoms with Crippen molar-refractivity contribution in [3.63, 3.8) is 0 Å². The summed E-state index contributed by atoms with van der Waals surface area (Å²) in [7, 11) is -3.33. The van der Waals surface area contributed by atoms with E-state index < -0.39 is 7.60 Å². The van der Waals surface area contributed by atoms with E-state index in [1.54, 1.807) is 0 Å². The molecule has 1 atom stereocenters. The number of rotatable bonds is 22. The summed E-state index contributed by atoms with van der Waals surface area (Å²) in [6, 6.07) is 0. The van der Waals surface area contributed by atoms with Crippen molar-refractivity contribution in [2.75, 3.05) is 12.8 Å². The first kappa shape index (κ1) is 27.9. The predicted octanol–water partition coefficient (Wildman–Crippen LogP) is 8.81. The molecular formula is C24H49O3P. The van der Waals surface area contributed by atoms with Crippen molar-refractivity contribution >= 4 is 7.60 Å². The van der Waals surface area contributed by atoms with Gasteiger partial charge in [-0.25, -0.2) is 0 Å². The molecule has 0 fully saturated rings. The molecule has 0 saturated heterocycles. The largest absolute Gasteiger partial charge is 0.328 e. The minimum absolute atomic E-state index is 0.319. The van der Waals surface area contributed by atoms with Crippen LogP contribution >= 0.6 is 7.60 Å². The Kier molecular flexibility index (Phi) is 21.5. The third-order valence-electron chi connectivity index (χ3n) is 5.24. The molecule has 4 heteroatoms. The van der Waals surface area contributed by atoms with Crippen LogP contribution in [0.1, 0.15) is 129 Å². The summed E-state index contributed by atoms with van der Waals surface area (Å²) in [6.45, 7) is 4.84. The molecule has 0 rings (SSSR count). The van der Waals surface area contributed by atoms with E-state index in [-0.39, 0.29) is 0 Å². The van der Waals surface area contributed by atoms with Crippen LogP contribution in [0.5, 0.6) is 0 Å². The Labute approximate surface area is 176 Å². The van der Waals surface area contributed by atoms with Crippen LogP contribution < -0.4 is 0 Å². The Bertz CT molecular complexity index is 382. The van der Waals surface area contributed by atoms with Crippen LogP contribution in [0.3, 0.4) is 0 Å². The zero-order valence-corrected chi connectivity index (χ0v) is 19.9. The summed E-state index contributed by atoms with van der Waals surface area (Å²) in [4.78, 5) is 9.77. The average Bonchev–Trinajstić information content (AvgIpc) is 2.67. The van der Waals surface area contributed by atoms with Crippen molar-refractivity contribution in [2.24, 2.45) is 0 Å². The molecule has 0 radical (unpaired) electrons. The van der Waals surface area contributed by atoms with Crippen LogP contribution in [0.4, 0.5) is 0 Å². The summed E-state index contributed by atoms with van der Waals surface area (Å²) < 4.78 is 17.1. The Morgan fingerprint density at radius 3 is 1.61 bits per heavy atom. The lowest BCUT2D eigenvalue weighted by Gasteiger charge is -2.11. The van der Waals surface area contributed by atoms with Crippen molar-refractivity contribution < 1.29 is 14.0 Å². The van der Waals surface area contributed by atoms with Crippen molar-refractivity contribution in [1.29, 1.82) is 0 Å². The zero-order valence-electron chi connectivity index (χ0n) is 19.0. The fourth-order valence-corrected chi connectivity index (χ4v) is 4.53. The lowest BCUT2D eigenvalue weighted by molar-refractivity contribution is 0.252. The maximum Gasteiger partial charge on any atom is 0.328 e. The van der Waals surface area contributed by atoms with Crippen LogP contribution in [0.15, 0.2) is 12.2 Å². The molecule has 0 aliphatic carbocycles. The molecule has 3 nitrogen and oxygen atoms in total. The second-order valence-electron chi connectivity index (χ2n) is 8.19. The highest BCUT2D eigenvalue weighted by Gasteiger charge is 2.17. The highest BCUT2D eigenvalue weighted by Crippen LogP contribution is 2.43.